The van der Waals surface area contributed by atoms with Crippen LogP contribution in [0.1, 0.15) is 22.8 Å². The highest BCUT2D eigenvalue weighted by atomic mass is 16.5. The molecule has 2 aromatic rings. The molecule has 0 saturated carbocycles. The molecule has 1 atom stereocenters. The fourth-order valence-corrected chi connectivity index (χ4v) is 2.26. The molecule has 2 aromatic carbocycles. The summed E-state index contributed by atoms with van der Waals surface area (Å²) in [5, 5.41) is 12.6. The number of phenolic OH excluding ortho intramolecular Hbond substituents is 1. The highest BCUT2D eigenvalue weighted by Crippen LogP contribution is 2.30. The lowest BCUT2D eigenvalue weighted by Crippen LogP contribution is -2.30. The van der Waals surface area contributed by atoms with Gasteiger partial charge in [-0.05, 0) is 37.6 Å². The zero-order chi connectivity index (χ0) is 19.3. The molecular weight excluding hydrogens is 338 g/mol. The Morgan fingerprint density at radius 2 is 1.77 bits per heavy atom. The topological polar surface area (TPSA) is 94.1 Å². The predicted molar refractivity (Wildman–Crippen MR) is 95.9 cm³/mol. The summed E-state index contributed by atoms with van der Waals surface area (Å²) in [4.78, 5) is 24.4. The number of carbonyl (C=O) groups excluding carboxylic acids is 2. The summed E-state index contributed by atoms with van der Waals surface area (Å²) in [6, 6.07) is 9.61. The van der Waals surface area contributed by atoms with Crippen LogP contribution in [0.5, 0.6) is 17.2 Å². The molecule has 0 aromatic heterocycles. The van der Waals surface area contributed by atoms with E-state index in [1.807, 2.05) is 0 Å². The van der Waals surface area contributed by atoms with Gasteiger partial charge >= 0.3 is 5.97 Å². The number of amides is 1. The van der Waals surface area contributed by atoms with Crippen LogP contribution >= 0.6 is 0 Å². The van der Waals surface area contributed by atoms with Crippen molar-refractivity contribution in [2.45, 2.75) is 20.0 Å². The van der Waals surface area contributed by atoms with Crippen LogP contribution in [-0.2, 0) is 9.53 Å². The maximum Gasteiger partial charge on any atom is 0.342 e. The van der Waals surface area contributed by atoms with Gasteiger partial charge in [0.25, 0.3) is 5.91 Å². The van der Waals surface area contributed by atoms with E-state index in [0.29, 0.717) is 22.7 Å². The van der Waals surface area contributed by atoms with Crippen LogP contribution in [0.3, 0.4) is 0 Å². The molecule has 2 N–H and O–H groups in total. The highest BCUT2D eigenvalue weighted by Gasteiger charge is 2.22. The first-order valence-electron chi connectivity index (χ1n) is 7.89. The van der Waals surface area contributed by atoms with Gasteiger partial charge in [-0.15, -0.1) is 0 Å². The van der Waals surface area contributed by atoms with E-state index in [4.69, 9.17) is 14.2 Å². The zero-order valence-electron chi connectivity index (χ0n) is 15.0. The van der Waals surface area contributed by atoms with Gasteiger partial charge in [0.15, 0.2) is 17.6 Å². The molecule has 7 nitrogen and oxygen atoms in total. The third-order valence-electron chi connectivity index (χ3n) is 3.76. The second-order valence-electron chi connectivity index (χ2n) is 5.58. The van der Waals surface area contributed by atoms with Gasteiger partial charge < -0.3 is 24.6 Å². The van der Waals surface area contributed by atoms with E-state index >= 15 is 0 Å². The Bertz CT molecular complexity index is 818. The number of hydrogen-bond donors (Lipinski definition) is 2. The summed E-state index contributed by atoms with van der Waals surface area (Å²) >= 11 is 0. The SMILES string of the molecule is COc1ccc(NC(=O)C(C)OC(=O)c2cccc(C)c2O)cc1OC. The number of aromatic hydroxyl groups is 1. The second kappa shape index (κ2) is 8.24. The van der Waals surface area contributed by atoms with Gasteiger partial charge in [0.1, 0.15) is 11.3 Å². The molecule has 26 heavy (non-hydrogen) atoms. The number of phenols is 1. The van der Waals surface area contributed by atoms with Crippen LogP contribution in [0.2, 0.25) is 0 Å². The van der Waals surface area contributed by atoms with Crippen molar-refractivity contribution in [1.82, 2.24) is 0 Å². The quantitative estimate of drug-likeness (QED) is 0.770. The molecule has 7 heteroatoms. The molecule has 1 unspecified atom stereocenters. The molecule has 0 fully saturated rings. The van der Waals surface area contributed by atoms with E-state index in [1.165, 1.54) is 27.2 Å². The summed E-state index contributed by atoms with van der Waals surface area (Å²) in [5.41, 5.74) is 1.02. The predicted octanol–water partition coefficient (Wildman–Crippen LogP) is 2.90. The van der Waals surface area contributed by atoms with Gasteiger partial charge in [0.05, 0.1) is 14.2 Å². The number of ether oxygens (including phenoxy) is 3. The van der Waals surface area contributed by atoms with E-state index < -0.39 is 18.0 Å². The van der Waals surface area contributed by atoms with Gasteiger partial charge in [-0.1, -0.05) is 12.1 Å². The van der Waals surface area contributed by atoms with Crippen LogP contribution < -0.4 is 14.8 Å². The van der Waals surface area contributed by atoms with Crippen molar-refractivity contribution >= 4 is 17.6 Å². The number of rotatable bonds is 6. The van der Waals surface area contributed by atoms with Crippen LogP contribution in [-0.4, -0.2) is 37.3 Å². The average Bonchev–Trinajstić information content (AvgIpc) is 2.63. The Balaban J connectivity index is 2.05. The van der Waals surface area contributed by atoms with Crippen molar-refractivity contribution in [2.75, 3.05) is 19.5 Å². The van der Waals surface area contributed by atoms with E-state index in [1.54, 1.807) is 37.3 Å². The number of hydrogen-bond acceptors (Lipinski definition) is 6. The summed E-state index contributed by atoms with van der Waals surface area (Å²) in [6.07, 6.45) is -1.06. The minimum absolute atomic E-state index is 0.00997. The van der Waals surface area contributed by atoms with Gasteiger partial charge in [-0.3, -0.25) is 4.79 Å². The molecule has 138 valence electrons. The first-order valence-corrected chi connectivity index (χ1v) is 7.89. The standard InChI is InChI=1S/C19H21NO6/c1-11-6-5-7-14(17(11)21)19(23)26-12(2)18(22)20-13-8-9-15(24-3)16(10-13)25-4/h5-10,12,21H,1-4H3,(H,20,22). The number of methoxy groups -OCH3 is 2. The highest BCUT2D eigenvalue weighted by molar-refractivity contribution is 5.98. The Morgan fingerprint density at radius 3 is 2.42 bits per heavy atom. The molecule has 1 amide bonds. The molecular formula is C19H21NO6. The Labute approximate surface area is 151 Å². The number of nitrogens with one attached hydrogen (secondary N) is 1. The number of anilines is 1. The van der Waals surface area contributed by atoms with Crippen molar-refractivity contribution < 1.29 is 28.9 Å². The molecule has 0 saturated heterocycles. The fraction of sp³-hybridized carbons (Fsp3) is 0.263. The normalized spacial score (nSPS) is 11.4. The largest absolute Gasteiger partial charge is 0.507 e. The van der Waals surface area contributed by atoms with Crippen molar-refractivity contribution in [1.29, 1.82) is 0 Å². The van der Waals surface area contributed by atoms with Gasteiger partial charge in [-0.25, -0.2) is 4.79 Å². The minimum Gasteiger partial charge on any atom is -0.507 e. The van der Waals surface area contributed by atoms with Crippen molar-refractivity contribution in [2.24, 2.45) is 0 Å². The van der Waals surface area contributed by atoms with Crippen LogP contribution in [0.25, 0.3) is 0 Å². The van der Waals surface area contributed by atoms with Crippen LogP contribution in [0, 0.1) is 6.92 Å². The molecule has 0 heterocycles. The van der Waals surface area contributed by atoms with Gasteiger partial charge in [0.2, 0.25) is 0 Å². The van der Waals surface area contributed by atoms with Gasteiger partial charge in [0, 0.05) is 11.8 Å². The summed E-state index contributed by atoms with van der Waals surface area (Å²) in [7, 11) is 3.00. The molecule has 0 spiro atoms. The summed E-state index contributed by atoms with van der Waals surface area (Å²) in [5.74, 6) is -0.469. The Hall–Kier alpha value is -3.22. The summed E-state index contributed by atoms with van der Waals surface area (Å²) < 4.78 is 15.5. The van der Waals surface area contributed by atoms with Crippen molar-refractivity contribution in [3.63, 3.8) is 0 Å². The Kier molecular flexibility index (Phi) is 6.06. The smallest absolute Gasteiger partial charge is 0.342 e. The summed E-state index contributed by atoms with van der Waals surface area (Å²) in [6.45, 7) is 3.11. The number of benzene rings is 2. The average molecular weight is 359 g/mol. The van der Waals surface area contributed by atoms with E-state index in [-0.39, 0.29) is 11.3 Å². The molecule has 0 aliphatic heterocycles. The first-order chi connectivity index (χ1) is 12.4. The maximum absolute atomic E-state index is 12.3. The lowest BCUT2D eigenvalue weighted by Gasteiger charge is -2.15. The van der Waals surface area contributed by atoms with Crippen molar-refractivity contribution in [3.05, 3.63) is 47.5 Å². The third kappa shape index (κ3) is 4.24. The molecule has 0 bridgehead atoms. The van der Waals surface area contributed by atoms with E-state index in [0.717, 1.165) is 0 Å². The monoisotopic (exact) mass is 359 g/mol. The number of esters is 1. The molecule has 0 aliphatic carbocycles. The lowest BCUT2D eigenvalue weighted by atomic mass is 10.1. The number of para-hydroxylation sites is 1. The van der Waals surface area contributed by atoms with Crippen LogP contribution in [0.4, 0.5) is 5.69 Å². The maximum atomic E-state index is 12.3. The van der Waals surface area contributed by atoms with E-state index in [9.17, 15) is 14.7 Å². The lowest BCUT2D eigenvalue weighted by molar-refractivity contribution is -0.123. The third-order valence-corrected chi connectivity index (χ3v) is 3.76. The second-order valence-corrected chi connectivity index (χ2v) is 5.58. The van der Waals surface area contributed by atoms with Gasteiger partial charge in [-0.2, -0.15) is 0 Å². The number of carbonyl (C=O) groups is 2. The van der Waals surface area contributed by atoms with E-state index in [2.05, 4.69) is 5.32 Å². The van der Waals surface area contributed by atoms with Crippen LogP contribution in [0.15, 0.2) is 36.4 Å². The minimum atomic E-state index is -1.06. The fourth-order valence-electron chi connectivity index (χ4n) is 2.26. The number of aryl methyl sites for hydroxylation is 1. The zero-order valence-corrected chi connectivity index (χ0v) is 15.0. The molecule has 0 radical (unpaired) electrons. The molecule has 0 aliphatic rings. The Morgan fingerprint density at radius 1 is 1.08 bits per heavy atom. The first kappa shape index (κ1) is 19.1. The molecule has 2 rings (SSSR count). The van der Waals surface area contributed by atoms with Crippen molar-refractivity contribution in [3.8, 4) is 17.2 Å².